The van der Waals surface area contributed by atoms with E-state index < -0.39 is 0 Å². The highest BCUT2D eigenvalue weighted by molar-refractivity contribution is 7.80. The van der Waals surface area contributed by atoms with Gasteiger partial charge < -0.3 is 10.1 Å². The summed E-state index contributed by atoms with van der Waals surface area (Å²) < 4.78 is 5.37. The van der Waals surface area contributed by atoms with Crippen molar-refractivity contribution in [3.05, 3.63) is 66.2 Å². The van der Waals surface area contributed by atoms with Gasteiger partial charge in [-0.15, -0.1) is 0 Å². The highest BCUT2D eigenvalue weighted by Gasteiger charge is 2.01. The zero-order valence-electron chi connectivity index (χ0n) is 12.8. The Kier molecular flexibility index (Phi) is 6.32. The third kappa shape index (κ3) is 5.92. The van der Waals surface area contributed by atoms with Gasteiger partial charge in [0.15, 0.2) is 5.11 Å². The molecular formula is C18H18N2O2S. The van der Waals surface area contributed by atoms with Gasteiger partial charge in [-0.25, -0.2) is 0 Å². The van der Waals surface area contributed by atoms with Gasteiger partial charge in [-0.1, -0.05) is 30.3 Å². The van der Waals surface area contributed by atoms with Crippen molar-refractivity contribution in [3.63, 3.8) is 0 Å². The molecule has 0 fully saturated rings. The van der Waals surface area contributed by atoms with Crippen LogP contribution >= 0.6 is 12.2 Å². The van der Waals surface area contributed by atoms with E-state index in [4.69, 9.17) is 17.0 Å². The molecule has 0 aliphatic carbocycles. The Balaban J connectivity index is 1.84. The summed E-state index contributed by atoms with van der Waals surface area (Å²) in [6, 6.07) is 16.9. The average molecular weight is 326 g/mol. The Morgan fingerprint density at radius 1 is 1.13 bits per heavy atom. The van der Waals surface area contributed by atoms with Crippen LogP contribution in [-0.2, 0) is 4.79 Å². The van der Waals surface area contributed by atoms with Gasteiger partial charge in [0.25, 0.3) is 0 Å². The van der Waals surface area contributed by atoms with Crippen LogP contribution in [0, 0.1) is 0 Å². The van der Waals surface area contributed by atoms with Crippen LogP contribution in [0.25, 0.3) is 6.08 Å². The van der Waals surface area contributed by atoms with Gasteiger partial charge in [0.2, 0.25) is 5.91 Å². The summed E-state index contributed by atoms with van der Waals surface area (Å²) >= 11 is 5.10. The first-order valence-corrected chi connectivity index (χ1v) is 7.66. The quantitative estimate of drug-likeness (QED) is 0.651. The van der Waals surface area contributed by atoms with Crippen molar-refractivity contribution < 1.29 is 9.53 Å². The van der Waals surface area contributed by atoms with Crippen LogP contribution in [0.2, 0.25) is 0 Å². The Morgan fingerprint density at radius 3 is 2.48 bits per heavy atom. The molecule has 0 atom stereocenters. The number of carbonyl (C=O) groups is 1. The molecule has 0 saturated carbocycles. The number of para-hydroxylation sites is 1. The Morgan fingerprint density at radius 2 is 1.83 bits per heavy atom. The Hall–Kier alpha value is -2.66. The van der Waals surface area contributed by atoms with Crippen molar-refractivity contribution in [3.8, 4) is 5.75 Å². The smallest absolute Gasteiger partial charge is 0.250 e. The molecule has 118 valence electrons. The molecule has 0 aliphatic rings. The third-order valence-corrected chi connectivity index (χ3v) is 3.09. The summed E-state index contributed by atoms with van der Waals surface area (Å²) in [6.07, 6.45) is 3.16. The predicted molar refractivity (Wildman–Crippen MR) is 97.5 cm³/mol. The van der Waals surface area contributed by atoms with Crippen LogP contribution in [0.4, 0.5) is 5.69 Å². The van der Waals surface area contributed by atoms with Crippen molar-refractivity contribution in [2.45, 2.75) is 6.92 Å². The molecule has 0 saturated heterocycles. The second-order valence-corrected chi connectivity index (χ2v) is 5.05. The van der Waals surface area contributed by atoms with Crippen LogP contribution in [-0.4, -0.2) is 17.6 Å². The molecule has 2 aromatic rings. The minimum atomic E-state index is -0.285. The fraction of sp³-hybridized carbons (Fsp3) is 0.111. The lowest BCUT2D eigenvalue weighted by Gasteiger charge is -2.07. The first kappa shape index (κ1) is 16.7. The van der Waals surface area contributed by atoms with E-state index in [9.17, 15) is 4.79 Å². The van der Waals surface area contributed by atoms with E-state index in [1.165, 1.54) is 6.08 Å². The van der Waals surface area contributed by atoms with Crippen LogP contribution in [0.1, 0.15) is 12.5 Å². The summed E-state index contributed by atoms with van der Waals surface area (Å²) in [5.41, 5.74) is 1.74. The normalized spacial score (nSPS) is 10.3. The summed E-state index contributed by atoms with van der Waals surface area (Å²) in [4.78, 5) is 11.8. The minimum absolute atomic E-state index is 0.262. The number of rotatable bonds is 5. The molecule has 1 amide bonds. The van der Waals surface area contributed by atoms with E-state index in [1.807, 2.05) is 61.5 Å². The highest BCUT2D eigenvalue weighted by Crippen LogP contribution is 2.13. The summed E-state index contributed by atoms with van der Waals surface area (Å²) in [6.45, 7) is 2.56. The van der Waals surface area contributed by atoms with Crippen LogP contribution < -0.4 is 15.4 Å². The van der Waals surface area contributed by atoms with Gasteiger partial charge in [-0.2, -0.15) is 0 Å². The van der Waals surface area contributed by atoms with E-state index in [2.05, 4.69) is 10.6 Å². The van der Waals surface area contributed by atoms with Gasteiger partial charge in [0.1, 0.15) is 5.75 Å². The lowest BCUT2D eigenvalue weighted by atomic mass is 10.2. The van der Waals surface area contributed by atoms with Crippen molar-refractivity contribution in [1.82, 2.24) is 5.32 Å². The SMILES string of the molecule is CCOc1ccc(/C=C/C(=O)NC(=S)Nc2ccccc2)cc1. The zero-order chi connectivity index (χ0) is 16.5. The van der Waals surface area contributed by atoms with E-state index >= 15 is 0 Å². The molecule has 5 heteroatoms. The number of benzene rings is 2. The largest absolute Gasteiger partial charge is 0.494 e. The lowest BCUT2D eigenvalue weighted by molar-refractivity contribution is -0.115. The first-order valence-electron chi connectivity index (χ1n) is 7.25. The van der Waals surface area contributed by atoms with E-state index in [0.29, 0.717) is 6.61 Å². The molecule has 0 aliphatic heterocycles. The maximum Gasteiger partial charge on any atom is 0.250 e. The van der Waals surface area contributed by atoms with Crippen molar-refractivity contribution in [1.29, 1.82) is 0 Å². The Bertz CT molecular complexity index is 682. The number of hydrogen-bond acceptors (Lipinski definition) is 3. The standard InChI is InChI=1S/C18H18N2O2S/c1-2-22-16-11-8-14(9-12-16)10-13-17(21)20-18(23)19-15-6-4-3-5-7-15/h3-13H,2H2,1H3,(H2,19,20,21,23)/b13-10+. The molecule has 0 aromatic heterocycles. The van der Waals surface area contributed by atoms with Gasteiger partial charge in [-0.3, -0.25) is 10.1 Å². The number of hydrogen-bond donors (Lipinski definition) is 2. The van der Waals surface area contributed by atoms with Crippen molar-refractivity contribution >= 4 is 35.0 Å². The molecular weight excluding hydrogens is 308 g/mol. The second kappa shape index (κ2) is 8.70. The Labute approximate surface area is 141 Å². The molecule has 2 N–H and O–H groups in total. The number of nitrogens with one attached hydrogen (secondary N) is 2. The number of ether oxygens (including phenoxy) is 1. The van der Waals surface area contributed by atoms with Crippen LogP contribution in [0.15, 0.2) is 60.7 Å². The molecule has 0 heterocycles. The topological polar surface area (TPSA) is 50.4 Å². The van der Waals surface area contributed by atoms with Crippen LogP contribution in [0.5, 0.6) is 5.75 Å². The van der Waals surface area contributed by atoms with Crippen LogP contribution in [0.3, 0.4) is 0 Å². The molecule has 0 unspecified atom stereocenters. The number of anilines is 1. The fourth-order valence-electron chi connectivity index (χ4n) is 1.85. The third-order valence-electron chi connectivity index (χ3n) is 2.89. The molecule has 0 radical (unpaired) electrons. The number of thiocarbonyl (C=S) groups is 1. The van der Waals surface area contributed by atoms with E-state index in [0.717, 1.165) is 17.0 Å². The fourth-order valence-corrected chi connectivity index (χ4v) is 2.07. The molecule has 0 spiro atoms. The lowest BCUT2D eigenvalue weighted by Crippen LogP contribution is -2.32. The summed E-state index contributed by atoms with van der Waals surface area (Å²) in [7, 11) is 0. The first-order chi connectivity index (χ1) is 11.2. The molecule has 23 heavy (non-hydrogen) atoms. The monoisotopic (exact) mass is 326 g/mol. The maximum absolute atomic E-state index is 11.8. The molecule has 0 bridgehead atoms. The van der Waals surface area contributed by atoms with Gasteiger partial charge in [0.05, 0.1) is 6.61 Å². The second-order valence-electron chi connectivity index (χ2n) is 4.64. The molecule has 2 aromatic carbocycles. The average Bonchev–Trinajstić information content (AvgIpc) is 2.55. The van der Waals surface area contributed by atoms with Gasteiger partial charge in [-0.05, 0) is 55.0 Å². The zero-order valence-corrected chi connectivity index (χ0v) is 13.6. The highest BCUT2D eigenvalue weighted by atomic mass is 32.1. The number of carbonyl (C=O) groups excluding carboxylic acids is 1. The van der Waals surface area contributed by atoms with Crippen molar-refractivity contribution in [2.75, 3.05) is 11.9 Å². The minimum Gasteiger partial charge on any atom is -0.494 e. The van der Waals surface area contributed by atoms with E-state index in [-0.39, 0.29) is 11.0 Å². The van der Waals surface area contributed by atoms with Gasteiger partial charge in [0, 0.05) is 11.8 Å². The predicted octanol–water partition coefficient (Wildman–Crippen LogP) is 3.61. The summed E-state index contributed by atoms with van der Waals surface area (Å²) in [5.74, 6) is 0.523. The maximum atomic E-state index is 11.8. The molecule has 4 nitrogen and oxygen atoms in total. The van der Waals surface area contributed by atoms with E-state index in [1.54, 1.807) is 6.08 Å². The number of amides is 1. The van der Waals surface area contributed by atoms with Crippen molar-refractivity contribution in [2.24, 2.45) is 0 Å². The van der Waals surface area contributed by atoms with Gasteiger partial charge >= 0.3 is 0 Å². The summed E-state index contributed by atoms with van der Waals surface area (Å²) in [5, 5.41) is 5.80. The molecule has 2 rings (SSSR count).